The van der Waals surface area contributed by atoms with Gasteiger partial charge in [-0.1, -0.05) is 30.4 Å². The monoisotopic (exact) mass is 416 g/mol. The van der Waals surface area contributed by atoms with Crippen molar-refractivity contribution < 1.29 is 4.92 Å². The highest BCUT2D eigenvalue weighted by atomic mass is 127. The van der Waals surface area contributed by atoms with Crippen LogP contribution in [0.25, 0.3) is 22.7 Å². The molecule has 0 bridgehead atoms. The number of benzene rings is 2. The summed E-state index contributed by atoms with van der Waals surface area (Å²) in [5.41, 5.74) is 4.82. The van der Waals surface area contributed by atoms with Gasteiger partial charge in [0.2, 0.25) is 0 Å². The van der Waals surface area contributed by atoms with E-state index < -0.39 is 0 Å². The smallest absolute Gasteiger partial charge is 0.282 e. The zero-order chi connectivity index (χ0) is 16.0. The number of halogens is 1. The third-order valence-corrected chi connectivity index (χ3v) is 5.10. The van der Waals surface area contributed by atoms with Crippen LogP contribution in [0.4, 0.5) is 5.69 Å². The minimum atomic E-state index is -0.336. The number of aromatic nitrogens is 1. The van der Waals surface area contributed by atoms with E-state index in [0.29, 0.717) is 3.57 Å². The molecule has 3 aromatic rings. The number of fused-ring (bicyclic) bond motifs is 3. The van der Waals surface area contributed by atoms with Crippen LogP contribution >= 0.6 is 22.6 Å². The molecule has 1 heterocycles. The van der Waals surface area contributed by atoms with E-state index in [0.717, 1.165) is 24.0 Å². The van der Waals surface area contributed by atoms with E-state index in [4.69, 9.17) is 0 Å². The van der Waals surface area contributed by atoms with E-state index in [-0.39, 0.29) is 10.6 Å². The second-order valence-corrected chi connectivity index (χ2v) is 6.71. The van der Waals surface area contributed by atoms with Crippen molar-refractivity contribution in [2.24, 2.45) is 0 Å². The van der Waals surface area contributed by atoms with Gasteiger partial charge in [-0.05, 0) is 53.6 Å². The van der Waals surface area contributed by atoms with Crippen LogP contribution in [-0.4, -0.2) is 9.49 Å². The van der Waals surface area contributed by atoms with Gasteiger partial charge in [0.05, 0.1) is 14.0 Å². The number of nitro groups is 1. The van der Waals surface area contributed by atoms with E-state index in [2.05, 4.69) is 34.9 Å². The Hall–Kier alpha value is -2.15. The lowest BCUT2D eigenvalue weighted by Crippen LogP contribution is -2.04. The highest BCUT2D eigenvalue weighted by Gasteiger charge is 2.19. The first-order valence-corrected chi connectivity index (χ1v) is 8.48. The largest absolute Gasteiger partial charge is 0.313 e. The van der Waals surface area contributed by atoms with E-state index in [1.165, 1.54) is 16.6 Å². The Morgan fingerprint density at radius 1 is 1.17 bits per heavy atom. The van der Waals surface area contributed by atoms with Gasteiger partial charge in [-0.2, -0.15) is 0 Å². The molecule has 0 radical (unpaired) electrons. The highest BCUT2D eigenvalue weighted by Crippen LogP contribution is 2.35. The van der Waals surface area contributed by atoms with Gasteiger partial charge in [0.1, 0.15) is 0 Å². The zero-order valence-electron chi connectivity index (χ0n) is 12.2. The van der Waals surface area contributed by atoms with Crippen LogP contribution in [0.2, 0.25) is 0 Å². The fourth-order valence-corrected chi connectivity index (χ4v) is 3.95. The molecule has 0 saturated carbocycles. The maximum absolute atomic E-state index is 11.0. The molecular weight excluding hydrogens is 403 g/mol. The first-order chi connectivity index (χ1) is 11.2. The van der Waals surface area contributed by atoms with Crippen molar-refractivity contribution in [2.75, 3.05) is 0 Å². The Kier molecular flexibility index (Phi) is 3.45. The molecule has 114 valence electrons. The molecule has 0 fully saturated rings. The van der Waals surface area contributed by atoms with Crippen molar-refractivity contribution in [1.82, 2.24) is 4.57 Å². The Morgan fingerprint density at radius 2 is 2.00 bits per heavy atom. The van der Waals surface area contributed by atoms with Crippen molar-refractivity contribution in [3.63, 3.8) is 0 Å². The third-order valence-electron chi connectivity index (χ3n) is 4.23. The highest BCUT2D eigenvalue weighted by molar-refractivity contribution is 14.1. The number of nitrogens with zero attached hydrogens (tertiary/aromatic N) is 2. The lowest BCUT2D eigenvalue weighted by atomic mass is 10.0. The number of para-hydroxylation sites is 1. The molecule has 0 unspecified atom stereocenters. The fraction of sp³-hybridized carbons (Fsp3) is 0.111. The average molecular weight is 416 g/mol. The molecule has 4 nitrogen and oxygen atoms in total. The predicted octanol–water partition coefficient (Wildman–Crippen LogP) is 5.10. The maximum Gasteiger partial charge on any atom is 0.282 e. The summed E-state index contributed by atoms with van der Waals surface area (Å²) in [5, 5.41) is 12.3. The second-order valence-electron chi connectivity index (χ2n) is 5.55. The normalized spacial score (nSPS) is 13.3. The van der Waals surface area contributed by atoms with Crippen molar-refractivity contribution in [2.45, 2.75) is 12.8 Å². The standard InChI is InChI=1S/C18H13IN2O2/c19-15-11-12(9-10-18(15)21(22)23)20-16-7-3-1-5-13(16)14-6-2-4-8-17(14)20/h1-3,5-7,9-11H,4,8H2. The Bertz CT molecular complexity index is 973. The van der Waals surface area contributed by atoms with E-state index in [9.17, 15) is 10.1 Å². The number of rotatable bonds is 2. The summed E-state index contributed by atoms with van der Waals surface area (Å²) in [6.07, 6.45) is 6.40. The lowest BCUT2D eigenvalue weighted by Gasteiger charge is -2.13. The van der Waals surface area contributed by atoms with E-state index in [1.807, 2.05) is 40.8 Å². The molecule has 1 aliphatic rings. The van der Waals surface area contributed by atoms with Gasteiger partial charge in [-0.15, -0.1) is 0 Å². The SMILES string of the molecule is O=[N+]([O-])c1ccc(-n2c3c(c4ccccc42)C=CCC3)cc1I. The summed E-state index contributed by atoms with van der Waals surface area (Å²) in [6, 6.07) is 13.7. The second kappa shape index (κ2) is 5.49. The van der Waals surface area contributed by atoms with Crippen LogP contribution in [0, 0.1) is 13.7 Å². The molecule has 23 heavy (non-hydrogen) atoms. The first-order valence-electron chi connectivity index (χ1n) is 7.40. The summed E-state index contributed by atoms with van der Waals surface area (Å²) in [6.45, 7) is 0. The van der Waals surface area contributed by atoms with Crippen LogP contribution in [-0.2, 0) is 6.42 Å². The molecule has 0 saturated heterocycles. The van der Waals surface area contributed by atoms with Gasteiger partial charge in [0, 0.05) is 28.4 Å². The van der Waals surface area contributed by atoms with Crippen LogP contribution in [0.15, 0.2) is 48.5 Å². The molecule has 0 spiro atoms. The van der Waals surface area contributed by atoms with Crippen molar-refractivity contribution >= 4 is 45.3 Å². The Labute approximate surface area is 146 Å². The zero-order valence-corrected chi connectivity index (χ0v) is 14.4. The van der Waals surface area contributed by atoms with Gasteiger partial charge < -0.3 is 4.57 Å². The number of allylic oxidation sites excluding steroid dienone is 1. The minimum Gasteiger partial charge on any atom is -0.313 e. The van der Waals surface area contributed by atoms with Crippen molar-refractivity contribution in [1.29, 1.82) is 0 Å². The van der Waals surface area contributed by atoms with Crippen LogP contribution in [0.1, 0.15) is 17.7 Å². The average Bonchev–Trinajstić information content (AvgIpc) is 2.89. The molecule has 1 aliphatic carbocycles. The molecule has 1 aromatic heterocycles. The van der Waals surface area contributed by atoms with Crippen LogP contribution < -0.4 is 0 Å². The van der Waals surface area contributed by atoms with Gasteiger partial charge in [0.25, 0.3) is 5.69 Å². The molecule has 5 heteroatoms. The molecule has 2 aromatic carbocycles. The van der Waals surface area contributed by atoms with E-state index in [1.54, 1.807) is 6.07 Å². The Balaban J connectivity index is 2.01. The summed E-state index contributed by atoms with van der Waals surface area (Å²) in [7, 11) is 0. The van der Waals surface area contributed by atoms with Crippen LogP contribution in [0.3, 0.4) is 0 Å². The summed E-state index contributed by atoms with van der Waals surface area (Å²) in [4.78, 5) is 10.7. The topological polar surface area (TPSA) is 48.1 Å². The quantitative estimate of drug-likeness (QED) is 0.332. The minimum absolute atomic E-state index is 0.152. The van der Waals surface area contributed by atoms with Gasteiger partial charge >= 0.3 is 0 Å². The summed E-state index contributed by atoms with van der Waals surface area (Å²) < 4.78 is 2.89. The molecule has 4 rings (SSSR count). The maximum atomic E-state index is 11.0. The first kappa shape index (κ1) is 14.4. The molecule has 0 N–H and O–H groups in total. The van der Waals surface area contributed by atoms with Gasteiger partial charge in [-0.3, -0.25) is 10.1 Å². The summed E-state index contributed by atoms with van der Waals surface area (Å²) in [5.74, 6) is 0. The molecular formula is C18H13IN2O2. The van der Waals surface area contributed by atoms with Crippen molar-refractivity contribution in [3.05, 3.63) is 73.5 Å². The van der Waals surface area contributed by atoms with Crippen LogP contribution in [0.5, 0.6) is 0 Å². The van der Waals surface area contributed by atoms with Crippen molar-refractivity contribution in [3.8, 4) is 5.69 Å². The van der Waals surface area contributed by atoms with Gasteiger partial charge in [-0.25, -0.2) is 0 Å². The predicted molar refractivity (Wildman–Crippen MR) is 100 cm³/mol. The third kappa shape index (κ3) is 2.26. The molecule has 0 aliphatic heterocycles. The lowest BCUT2D eigenvalue weighted by molar-refractivity contribution is -0.385. The molecule has 0 atom stereocenters. The summed E-state index contributed by atoms with van der Waals surface area (Å²) >= 11 is 2.04. The molecule has 0 amide bonds. The Morgan fingerprint density at radius 3 is 2.78 bits per heavy atom. The number of hydrogen-bond acceptors (Lipinski definition) is 2. The fourth-order valence-electron chi connectivity index (χ4n) is 3.25. The number of nitro benzene ring substituents is 1. The van der Waals surface area contributed by atoms with E-state index >= 15 is 0 Å². The van der Waals surface area contributed by atoms with Gasteiger partial charge in [0.15, 0.2) is 0 Å². The number of hydrogen-bond donors (Lipinski definition) is 0.